The highest BCUT2D eigenvalue weighted by Crippen LogP contribution is 2.47. The maximum absolute atomic E-state index is 12.2. The van der Waals surface area contributed by atoms with Gasteiger partial charge in [-0.05, 0) is 13.8 Å². The highest BCUT2D eigenvalue weighted by atomic mass is 31.2. The van der Waals surface area contributed by atoms with Crippen LogP contribution < -0.4 is 0 Å². The quantitative estimate of drug-likeness (QED) is 0.177. The first-order chi connectivity index (χ1) is 13.8. The minimum atomic E-state index is -3.99. The smallest absolute Gasteiger partial charge is 0.332 e. The van der Waals surface area contributed by atoms with E-state index in [9.17, 15) is 9.13 Å². The van der Waals surface area contributed by atoms with Crippen molar-refractivity contribution in [3.8, 4) is 0 Å². The van der Waals surface area contributed by atoms with Crippen molar-refractivity contribution >= 4 is 15.2 Å². The van der Waals surface area contributed by atoms with Gasteiger partial charge in [-0.1, -0.05) is 0 Å². The molecule has 0 bridgehead atoms. The van der Waals surface area contributed by atoms with Crippen LogP contribution in [0.1, 0.15) is 13.8 Å². The van der Waals surface area contributed by atoms with Gasteiger partial charge in [0.05, 0.1) is 91.6 Å². The van der Waals surface area contributed by atoms with Crippen LogP contribution in [0.5, 0.6) is 0 Å². The van der Waals surface area contributed by atoms with Crippen LogP contribution in [0.15, 0.2) is 0 Å². The van der Waals surface area contributed by atoms with E-state index in [1.54, 1.807) is 13.8 Å². The van der Waals surface area contributed by atoms with Gasteiger partial charge in [-0.15, -0.1) is 0 Å². The van der Waals surface area contributed by atoms with Crippen LogP contribution in [0.25, 0.3) is 0 Å². The summed E-state index contributed by atoms with van der Waals surface area (Å²) in [5.41, 5.74) is 0. The summed E-state index contributed by atoms with van der Waals surface area (Å²) in [6, 6.07) is 0. The molecule has 29 heavy (non-hydrogen) atoms. The third kappa shape index (κ3) is 21.1. The van der Waals surface area contributed by atoms with Crippen LogP contribution >= 0.6 is 15.2 Å². The minimum Gasteiger partial charge on any atom is -0.378 e. The SMILES string of the molecule is CCOP(=O)(CCOCCOCCOCCOCCOCCP(=O)(O)O)OCC. The van der Waals surface area contributed by atoms with Crippen LogP contribution in [0, 0.1) is 0 Å². The Kier molecular flexibility index (Phi) is 18.9. The van der Waals surface area contributed by atoms with E-state index in [2.05, 4.69) is 0 Å². The van der Waals surface area contributed by atoms with Gasteiger partial charge in [0.1, 0.15) is 0 Å². The maximum Gasteiger partial charge on any atom is 0.332 e. The van der Waals surface area contributed by atoms with E-state index in [0.29, 0.717) is 59.5 Å². The van der Waals surface area contributed by atoms with Crippen molar-refractivity contribution in [1.29, 1.82) is 0 Å². The van der Waals surface area contributed by atoms with Gasteiger partial charge < -0.3 is 42.5 Å². The molecule has 0 saturated heterocycles. The molecule has 0 spiro atoms. The number of hydrogen-bond donors (Lipinski definition) is 2. The zero-order chi connectivity index (χ0) is 21.8. The molecule has 0 aromatic carbocycles. The minimum absolute atomic E-state index is 0.00351. The van der Waals surface area contributed by atoms with E-state index >= 15 is 0 Å². The lowest BCUT2D eigenvalue weighted by molar-refractivity contribution is -0.00944. The summed E-state index contributed by atoms with van der Waals surface area (Å²) in [5, 5.41) is 0. The first-order valence-corrected chi connectivity index (χ1v) is 13.2. The van der Waals surface area contributed by atoms with E-state index < -0.39 is 15.2 Å². The van der Waals surface area contributed by atoms with Crippen molar-refractivity contribution < 1.29 is 51.6 Å². The van der Waals surface area contributed by atoms with Crippen molar-refractivity contribution in [2.75, 3.05) is 91.6 Å². The van der Waals surface area contributed by atoms with E-state index in [0.717, 1.165) is 0 Å². The number of ether oxygens (including phenoxy) is 5. The van der Waals surface area contributed by atoms with Crippen LogP contribution in [0.3, 0.4) is 0 Å². The van der Waals surface area contributed by atoms with Crippen molar-refractivity contribution in [3.63, 3.8) is 0 Å². The average molecular weight is 466 g/mol. The lowest BCUT2D eigenvalue weighted by Gasteiger charge is -2.16. The number of hydrogen-bond acceptors (Lipinski definition) is 9. The second-order valence-electron chi connectivity index (χ2n) is 5.62. The molecular weight excluding hydrogens is 430 g/mol. The second-order valence-corrected chi connectivity index (χ2v) is 9.58. The van der Waals surface area contributed by atoms with Crippen molar-refractivity contribution in [3.05, 3.63) is 0 Å². The zero-order valence-corrected chi connectivity index (χ0v) is 19.2. The molecule has 0 aliphatic heterocycles. The van der Waals surface area contributed by atoms with Crippen molar-refractivity contribution in [2.45, 2.75) is 13.8 Å². The standard InChI is InChI=1S/C16H36O11P2/c1-3-26-29(20,27-4-2)16-14-25-12-10-23-8-6-21-5-7-22-9-11-24-13-15-28(17,18)19/h3-16H2,1-2H3,(H2,17,18,19). The molecule has 0 aromatic heterocycles. The van der Waals surface area contributed by atoms with Gasteiger partial charge in [0.25, 0.3) is 0 Å². The van der Waals surface area contributed by atoms with E-state index in [1.165, 1.54) is 0 Å². The van der Waals surface area contributed by atoms with Crippen LogP contribution in [-0.4, -0.2) is 101 Å². The van der Waals surface area contributed by atoms with Gasteiger partial charge in [-0.25, -0.2) is 0 Å². The lowest BCUT2D eigenvalue weighted by Crippen LogP contribution is -2.14. The maximum atomic E-state index is 12.2. The molecule has 0 amide bonds. The predicted octanol–water partition coefficient (Wildman–Crippen LogP) is 1.51. The van der Waals surface area contributed by atoms with Gasteiger partial charge >= 0.3 is 15.2 Å². The lowest BCUT2D eigenvalue weighted by atomic mass is 10.7. The summed E-state index contributed by atoms with van der Waals surface area (Å²) in [7, 11) is -7.04. The van der Waals surface area contributed by atoms with Gasteiger partial charge in [0.15, 0.2) is 0 Å². The summed E-state index contributed by atoms with van der Waals surface area (Å²) in [6.45, 7) is 7.51. The summed E-state index contributed by atoms with van der Waals surface area (Å²) in [6.07, 6.45) is -0.0744. The van der Waals surface area contributed by atoms with Crippen LogP contribution in [0.2, 0.25) is 0 Å². The summed E-state index contributed by atoms with van der Waals surface area (Å²) >= 11 is 0. The van der Waals surface area contributed by atoms with Gasteiger partial charge in [0, 0.05) is 0 Å². The molecule has 0 heterocycles. The Labute approximate surface area is 173 Å². The zero-order valence-electron chi connectivity index (χ0n) is 17.4. The summed E-state index contributed by atoms with van der Waals surface area (Å²) < 4.78 is 59.4. The molecule has 0 fully saturated rings. The topological polar surface area (TPSA) is 139 Å². The fourth-order valence-corrected chi connectivity index (χ4v) is 3.74. The van der Waals surface area contributed by atoms with Gasteiger partial charge in [-0.3, -0.25) is 9.13 Å². The largest absolute Gasteiger partial charge is 0.378 e. The molecule has 0 aliphatic rings. The number of rotatable bonds is 22. The third-order valence-electron chi connectivity index (χ3n) is 3.18. The molecule has 0 rings (SSSR count). The average Bonchev–Trinajstić information content (AvgIpc) is 2.63. The molecule has 0 saturated carbocycles. The molecule has 0 atom stereocenters. The third-order valence-corrected chi connectivity index (χ3v) is 5.97. The van der Waals surface area contributed by atoms with E-state index in [4.69, 9.17) is 42.5 Å². The van der Waals surface area contributed by atoms with E-state index in [-0.39, 0.29) is 32.1 Å². The summed E-state index contributed by atoms with van der Waals surface area (Å²) in [4.78, 5) is 17.3. The fourth-order valence-electron chi connectivity index (χ4n) is 1.90. The molecule has 2 N–H and O–H groups in total. The van der Waals surface area contributed by atoms with Gasteiger partial charge in [0.2, 0.25) is 0 Å². The Morgan fingerprint density at radius 2 is 0.862 bits per heavy atom. The first-order valence-electron chi connectivity index (χ1n) is 9.64. The van der Waals surface area contributed by atoms with E-state index in [1.807, 2.05) is 0 Å². The Bertz CT molecular complexity index is 448. The highest BCUT2D eigenvalue weighted by Gasteiger charge is 2.22. The van der Waals surface area contributed by atoms with Crippen LogP contribution in [-0.2, 0) is 41.9 Å². The predicted molar refractivity (Wildman–Crippen MR) is 107 cm³/mol. The molecule has 0 unspecified atom stereocenters. The molecule has 0 radical (unpaired) electrons. The Morgan fingerprint density at radius 1 is 0.552 bits per heavy atom. The normalized spacial score (nSPS) is 12.6. The highest BCUT2D eigenvalue weighted by molar-refractivity contribution is 7.53. The Morgan fingerprint density at radius 3 is 1.17 bits per heavy atom. The summed E-state index contributed by atoms with van der Waals surface area (Å²) in [5.74, 6) is 0. The molecule has 176 valence electrons. The fraction of sp³-hybridized carbons (Fsp3) is 1.00. The molecule has 11 nitrogen and oxygen atoms in total. The van der Waals surface area contributed by atoms with Crippen molar-refractivity contribution in [2.24, 2.45) is 0 Å². The van der Waals surface area contributed by atoms with Gasteiger partial charge in [-0.2, -0.15) is 0 Å². The Hall–Kier alpha value is 0.1000. The molecular formula is C16H36O11P2. The first kappa shape index (κ1) is 29.1. The second kappa shape index (κ2) is 18.8. The Balaban J connectivity index is 3.30. The molecule has 13 heteroatoms. The van der Waals surface area contributed by atoms with Crippen LogP contribution in [0.4, 0.5) is 0 Å². The van der Waals surface area contributed by atoms with Crippen molar-refractivity contribution in [1.82, 2.24) is 0 Å². The molecule has 0 aromatic rings. The monoisotopic (exact) mass is 466 g/mol. The molecule has 0 aliphatic carbocycles.